The average Bonchev–Trinajstić information content (AvgIpc) is 2.76. The van der Waals surface area contributed by atoms with Crippen LogP contribution in [-0.2, 0) is 29.5 Å². The molecule has 0 spiro atoms. The van der Waals surface area contributed by atoms with Gasteiger partial charge in [-0.25, -0.2) is 53.4 Å². The van der Waals surface area contributed by atoms with Gasteiger partial charge in [-0.15, -0.1) is 0 Å². The molecule has 3 atom stereocenters. The summed E-state index contributed by atoms with van der Waals surface area (Å²) in [6, 6.07) is 17.6. The zero-order chi connectivity index (χ0) is 64.2. The Balaban J connectivity index is 0.000000187. The zero-order valence-electron chi connectivity index (χ0n) is 51.8. The molecule has 87 heavy (non-hydrogen) atoms. The molecule has 9 rings (SSSR count). The Morgan fingerprint density at radius 2 is 0.782 bits per heavy atom. The highest BCUT2D eigenvalue weighted by molar-refractivity contribution is 7.91. The van der Waals surface area contributed by atoms with Gasteiger partial charge in [-0.2, -0.15) is 4.98 Å². The Morgan fingerprint density at radius 1 is 0.460 bits per heavy atom. The van der Waals surface area contributed by atoms with Crippen LogP contribution in [-0.4, -0.2) is 157 Å². The van der Waals surface area contributed by atoms with E-state index in [4.69, 9.17) is 4.74 Å². The molecule has 0 amide bonds. The first kappa shape index (κ1) is 67.3. The Bertz CT molecular complexity index is 3740. The van der Waals surface area contributed by atoms with E-state index in [1.807, 2.05) is 36.6 Å². The van der Waals surface area contributed by atoms with Gasteiger partial charge in [0.05, 0.1) is 24.2 Å². The standard InChI is InChI=1S/C22H31FN4O3S.2C19H25FN4O3S/c1-14(2)19-13-26(17-7-8-18(23)20(12-17)31(6,28)29)9-10-27(19)22-24-16(5)11-21(25-22)30-15(3)4;2*1-12(2)16-11-23(14-5-6-15(20)17(10-14)28(4,26)27)7-8-24(16)19-21-13(3)9-18(25)22-19/h7-8,11-12,14-15,19H,9-10,13H2,1-6H3;2*5-6,9-10,12,16H,7-8,11H2,1-4H3,(H,21,22,25)/t19-;2*16-/m000/s1. The molecule has 3 fully saturated rings. The molecule has 27 heteroatoms. The van der Waals surface area contributed by atoms with Gasteiger partial charge in [0.1, 0.15) is 32.1 Å². The second-order valence-corrected chi connectivity index (χ2v) is 29.7. The van der Waals surface area contributed by atoms with Crippen LogP contribution in [0, 0.1) is 56.0 Å². The Kier molecular flexibility index (Phi) is 21.2. The fourth-order valence-electron chi connectivity index (χ4n) is 10.9. The number of hydrogen-bond acceptors (Lipinski definition) is 19. The van der Waals surface area contributed by atoms with E-state index >= 15 is 0 Å². The molecular formula is C60H81F3N12O9S3. The second kappa shape index (κ2) is 27.4. The number of anilines is 6. The second-order valence-electron chi connectivity index (χ2n) is 23.7. The van der Waals surface area contributed by atoms with Gasteiger partial charge in [-0.3, -0.25) is 19.6 Å². The third kappa shape index (κ3) is 17.1. The monoisotopic (exact) mass is 1270 g/mol. The van der Waals surface area contributed by atoms with Gasteiger partial charge in [0, 0.05) is 130 Å². The number of ether oxygens (including phenoxy) is 1. The predicted octanol–water partition coefficient (Wildman–Crippen LogP) is 7.41. The van der Waals surface area contributed by atoms with Gasteiger partial charge >= 0.3 is 0 Å². The molecular weight excluding hydrogens is 1190 g/mol. The molecule has 3 aliphatic heterocycles. The lowest BCUT2D eigenvalue weighted by Crippen LogP contribution is -2.56. The highest BCUT2D eigenvalue weighted by Gasteiger charge is 2.35. The first-order valence-electron chi connectivity index (χ1n) is 28.8. The minimum absolute atomic E-state index is 0.0161. The number of nitrogens with zero attached hydrogens (tertiary/aromatic N) is 10. The van der Waals surface area contributed by atoms with Crippen LogP contribution in [0.15, 0.2) is 97.1 Å². The quantitative estimate of drug-likeness (QED) is 0.108. The molecule has 3 saturated heterocycles. The number of nitrogens with one attached hydrogen (secondary N) is 2. The third-order valence-corrected chi connectivity index (χ3v) is 18.6. The zero-order valence-corrected chi connectivity index (χ0v) is 54.3. The molecule has 2 N–H and O–H groups in total. The van der Waals surface area contributed by atoms with Crippen LogP contribution in [0.2, 0.25) is 0 Å². The smallest absolute Gasteiger partial charge is 0.252 e. The Labute approximate surface area is 508 Å². The average molecular weight is 1270 g/mol. The fraction of sp³-hybridized carbons (Fsp3) is 0.500. The van der Waals surface area contributed by atoms with E-state index < -0.39 is 47.0 Å². The first-order chi connectivity index (χ1) is 40.6. The summed E-state index contributed by atoms with van der Waals surface area (Å²) in [5.74, 6) is 0.847. The first-order valence-corrected chi connectivity index (χ1v) is 34.5. The van der Waals surface area contributed by atoms with Crippen molar-refractivity contribution in [3.63, 3.8) is 0 Å². The molecule has 3 aromatic carbocycles. The Morgan fingerprint density at radius 3 is 1.09 bits per heavy atom. The lowest BCUT2D eigenvalue weighted by atomic mass is 9.99. The SMILES string of the molecule is Cc1cc(=O)[nH]c(N2CCN(c3ccc(F)c(S(C)(=O)=O)c3)C[C@H]2C(C)C)n1.Cc1cc(=O)[nH]c(N2CCN(c3ccc(F)c(S(C)(=O)=O)c3)C[C@H]2C(C)C)n1.Cc1cc(OC(C)C)nc(N2CCN(c3ccc(F)c(S(C)(=O)=O)c3)C[C@H]2C(C)C)n1. The van der Waals surface area contributed by atoms with Crippen LogP contribution in [0.5, 0.6) is 5.88 Å². The molecule has 474 valence electrons. The van der Waals surface area contributed by atoms with Crippen molar-refractivity contribution in [1.82, 2.24) is 29.9 Å². The van der Waals surface area contributed by atoms with Crippen molar-refractivity contribution in [2.45, 2.75) is 115 Å². The van der Waals surface area contributed by atoms with Gasteiger partial charge in [0.15, 0.2) is 29.5 Å². The van der Waals surface area contributed by atoms with Crippen molar-refractivity contribution in [2.24, 2.45) is 17.8 Å². The molecule has 3 aromatic heterocycles. The summed E-state index contributed by atoms with van der Waals surface area (Å²) in [6.45, 7) is 27.5. The maximum absolute atomic E-state index is 14.1. The highest BCUT2D eigenvalue weighted by Crippen LogP contribution is 2.33. The van der Waals surface area contributed by atoms with E-state index in [0.717, 1.165) is 24.5 Å². The number of hydrogen-bond donors (Lipinski definition) is 2. The van der Waals surface area contributed by atoms with Crippen LogP contribution in [0.25, 0.3) is 0 Å². The highest BCUT2D eigenvalue weighted by atomic mass is 32.2. The molecule has 0 saturated carbocycles. The molecule has 0 unspecified atom stereocenters. The molecule has 21 nitrogen and oxygen atoms in total. The number of H-pyrrole nitrogens is 2. The number of halogens is 3. The minimum Gasteiger partial charge on any atom is -0.475 e. The Hall–Kier alpha value is -7.26. The molecule has 6 heterocycles. The van der Waals surface area contributed by atoms with Crippen LogP contribution in [0.3, 0.4) is 0 Å². The van der Waals surface area contributed by atoms with Gasteiger partial charge in [-0.05, 0) is 107 Å². The van der Waals surface area contributed by atoms with Crippen molar-refractivity contribution < 1.29 is 43.2 Å². The maximum atomic E-state index is 14.1. The molecule has 0 bridgehead atoms. The molecule has 6 aromatic rings. The van der Waals surface area contributed by atoms with E-state index in [1.54, 1.807) is 32.0 Å². The summed E-state index contributed by atoms with van der Waals surface area (Å²) in [4.78, 5) is 59.2. The van der Waals surface area contributed by atoms with Crippen molar-refractivity contribution in [1.29, 1.82) is 0 Å². The van der Waals surface area contributed by atoms with Crippen LogP contribution >= 0.6 is 0 Å². The lowest BCUT2D eigenvalue weighted by Gasteiger charge is -2.44. The van der Waals surface area contributed by atoms with Gasteiger partial charge < -0.3 is 34.1 Å². The third-order valence-electron chi connectivity index (χ3n) is 15.3. The predicted molar refractivity (Wildman–Crippen MR) is 335 cm³/mol. The van der Waals surface area contributed by atoms with E-state index in [0.29, 0.717) is 111 Å². The van der Waals surface area contributed by atoms with Gasteiger partial charge in [-0.1, -0.05) is 41.5 Å². The van der Waals surface area contributed by atoms with E-state index in [2.05, 4.69) is 91.0 Å². The largest absolute Gasteiger partial charge is 0.475 e. The van der Waals surface area contributed by atoms with Crippen molar-refractivity contribution in [2.75, 3.05) is 107 Å². The fourth-order valence-corrected chi connectivity index (χ4v) is 13.2. The topological polar surface area (TPSA) is 248 Å². The number of piperazine rings is 3. The normalized spacial score (nSPS) is 17.8. The summed E-state index contributed by atoms with van der Waals surface area (Å²) in [5.41, 5.74) is 3.78. The summed E-state index contributed by atoms with van der Waals surface area (Å²) >= 11 is 0. The number of benzene rings is 3. The maximum Gasteiger partial charge on any atom is 0.252 e. The minimum atomic E-state index is -3.65. The number of sulfone groups is 3. The van der Waals surface area contributed by atoms with Crippen molar-refractivity contribution in [3.8, 4) is 5.88 Å². The van der Waals surface area contributed by atoms with E-state index in [9.17, 15) is 48.0 Å². The van der Waals surface area contributed by atoms with Gasteiger partial charge in [0.25, 0.3) is 11.1 Å². The summed E-state index contributed by atoms with van der Waals surface area (Å²) in [6.07, 6.45) is 3.05. The van der Waals surface area contributed by atoms with E-state index in [1.165, 1.54) is 48.5 Å². The van der Waals surface area contributed by atoms with Crippen LogP contribution in [0.1, 0.15) is 72.5 Å². The lowest BCUT2D eigenvalue weighted by molar-refractivity contribution is 0.232. The summed E-state index contributed by atoms with van der Waals surface area (Å²) in [7, 11) is -10.9. The number of aromatic amines is 2. The van der Waals surface area contributed by atoms with Gasteiger partial charge in [0.2, 0.25) is 23.7 Å². The van der Waals surface area contributed by atoms with Crippen LogP contribution in [0.4, 0.5) is 48.1 Å². The molecule has 0 aliphatic carbocycles. The molecule has 3 aliphatic rings. The van der Waals surface area contributed by atoms with Crippen molar-refractivity contribution in [3.05, 3.63) is 128 Å². The summed E-state index contributed by atoms with van der Waals surface area (Å²) in [5, 5.41) is 0. The van der Waals surface area contributed by atoms with E-state index in [-0.39, 0.29) is 67.8 Å². The number of rotatable bonds is 14. The number of aryl methyl sites for hydroxylation is 3. The van der Waals surface area contributed by atoms with Crippen LogP contribution < -0.4 is 45.3 Å². The number of aromatic nitrogens is 6. The van der Waals surface area contributed by atoms with Crippen molar-refractivity contribution >= 4 is 64.4 Å². The summed E-state index contributed by atoms with van der Waals surface area (Å²) < 4.78 is 119. The molecule has 0 radical (unpaired) electrons.